The van der Waals surface area contributed by atoms with E-state index in [1.54, 1.807) is 0 Å². The first-order valence-corrected chi connectivity index (χ1v) is 10.9. The van der Waals surface area contributed by atoms with E-state index in [0.717, 1.165) is 38.5 Å². The van der Waals surface area contributed by atoms with Crippen molar-refractivity contribution in [2.45, 2.75) is 70.5 Å². The Bertz CT molecular complexity index is 709. The topological polar surface area (TPSA) is 71.4 Å². The minimum Gasteiger partial charge on any atom is -0.299 e. The maximum atomic E-state index is 12.4. The summed E-state index contributed by atoms with van der Waals surface area (Å²) in [5, 5.41) is -0.629. The Morgan fingerprint density at radius 3 is 2.46 bits per heavy atom. The molecule has 0 heterocycles. The Labute approximate surface area is 144 Å². The van der Waals surface area contributed by atoms with Crippen LogP contribution in [0.2, 0.25) is 0 Å². The second-order valence-electron chi connectivity index (χ2n) is 9.06. The second-order valence-corrected chi connectivity index (χ2v) is 10.8. The van der Waals surface area contributed by atoms with Crippen molar-refractivity contribution in [1.82, 2.24) is 0 Å². The van der Waals surface area contributed by atoms with E-state index in [-0.39, 0.29) is 10.8 Å². The van der Waals surface area contributed by atoms with Gasteiger partial charge in [0.05, 0.1) is 5.25 Å². The summed E-state index contributed by atoms with van der Waals surface area (Å²) < 4.78 is 32.6. The summed E-state index contributed by atoms with van der Waals surface area (Å²) in [5.74, 6) is 2.08. The van der Waals surface area contributed by atoms with E-state index in [9.17, 15) is 17.8 Å². The fourth-order valence-electron chi connectivity index (χ4n) is 6.65. The van der Waals surface area contributed by atoms with Crippen molar-refractivity contribution in [3.8, 4) is 0 Å². The summed E-state index contributed by atoms with van der Waals surface area (Å²) >= 11 is 0. The molecule has 24 heavy (non-hydrogen) atoms. The van der Waals surface area contributed by atoms with Crippen LogP contribution in [0.15, 0.2) is 11.6 Å². The molecular weight excluding hydrogens is 324 g/mol. The normalized spacial score (nSPS) is 48.3. The van der Waals surface area contributed by atoms with Crippen LogP contribution in [0, 0.1) is 28.6 Å². The van der Waals surface area contributed by atoms with Crippen LogP contribution in [-0.4, -0.2) is 24.0 Å². The monoisotopic (exact) mass is 352 g/mol. The highest BCUT2D eigenvalue weighted by Gasteiger charge is 2.58. The summed E-state index contributed by atoms with van der Waals surface area (Å²) in [5.41, 5.74) is 1.18. The molecule has 0 aromatic rings. The van der Waals surface area contributed by atoms with Crippen LogP contribution in [-0.2, 0) is 14.9 Å². The van der Waals surface area contributed by atoms with Gasteiger partial charge < -0.3 is 0 Å². The molecule has 5 heteroatoms. The lowest BCUT2D eigenvalue weighted by Gasteiger charge is -2.56. The summed E-state index contributed by atoms with van der Waals surface area (Å²) in [6, 6.07) is 0. The smallest absolute Gasteiger partial charge is 0.268 e. The predicted molar refractivity (Wildman–Crippen MR) is 92.0 cm³/mol. The Balaban J connectivity index is 1.66. The lowest BCUT2D eigenvalue weighted by atomic mass is 9.48. The van der Waals surface area contributed by atoms with Crippen LogP contribution in [0.3, 0.4) is 0 Å². The van der Waals surface area contributed by atoms with E-state index in [4.69, 9.17) is 0 Å². The van der Waals surface area contributed by atoms with E-state index in [1.807, 2.05) is 0 Å². The zero-order valence-electron chi connectivity index (χ0n) is 14.6. The molecule has 6 atom stereocenters. The van der Waals surface area contributed by atoms with Crippen LogP contribution in [0.4, 0.5) is 0 Å². The first-order chi connectivity index (χ1) is 11.2. The minimum absolute atomic E-state index is 0.0527. The van der Waals surface area contributed by atoms with Crippen molar-refractivity contribution in [2.75, 3.05) is 0 Å². The van der Waals surface area contributed by atoms with Gasteiger partial charge in [-0.15, -0.1) is 0 Å². The molecule has 4 rings (SSSR count). The third-order valence-corrected chi connectivity index (χ3v) is 9.43. The molecule has 0 bridgehead atoms. The molecule has 0 aromatic heterocycles. The summed E-state index contributed by atoms with van der Waals surface area (Å²) in [7, 11) is -3.95. The Morgan fingerprint density at radius 1 is 1.08 bits per heavy atom. The van der Waals surface area contributed by atoms with Gasteiger partial charge in [0.2, 0.25) is 0 Å². The second kappa shape index (κ2) is 5.16. The van der Waals surface area contributed by atoms with Crippen LogP contribution in [0.25, 0.3) is 0 Å². The highest BCUT2D eigenvalue weighted by atomic mass is 32.2. The molecule has 4 nitrogen and oxygen atoms in total. The number of fused-ring (bicyclic) bond motifs is 5. The molecule has 0 saturated heterocycles. The summed E-state index contributed by atoms with van der Waals surface area (Å²) in [4.78, 5) is 12.4. The van der Waals surface area contributed by atoms with Crippen molar-refractivity contribution >= 4 is 15.9 Å². The standard InChI is InChI=1S/C19H28O4S/c1-18-9-7-13(24(21,22)23)11-12(18)3-4-14-15-5-6-17(20)19(15,2)10-8-16(14)18/h3,13-16H,4-11H2,1-2H3,(H,21,22,23)/t13?,14-,15-,16+,18-,19-/m0/s1. The van der Waals surface area contributed by atoms with Gasteiger partial charge in [-0.1, -0.05) is 25.5 Å². The van der Waals surface area contributed by atoms with E-state index >= 15 is 0 Å². The number of ketones is 1. The zero-order valence-corrected chi connectivity index (χ0v) is 15.4. The van der Waals surface area contributed by atoms with Gasteiger partial charge in [-0.2, -0.15) is 8.42 Å². The van der Waals surface area contributed by atoms with Gasteiger partial charge in [0.1, 0.15) is 5.78 Å². The molecule has 3 saturated carbocycles. The molecular formula is C19H28O4S. The Morgan fingerprint density at radius 2 is 1.75 bits per heavy atom. The first-order valence-electron chi connectivity index (χ1n) is 9.35. The van der Waals surface area contributed by atoms with Crippen LogP contribution >= 0.6 is 0 Å². The first kappa shape index (κ1) is 16.8. The zero-order chi connectivity index (χ0) is 17.3. The molecule has 1 N–H and O–H groups in total. The number of allylic oxidation sites excluding steroid dienone is 2. The van der Waals surface area contributed by atoms with Gasteiger partial charge in [0.25, 0.3) is 10.1 Å². The van der Waals surface area contributed by atoms with Gasteiger partial charge in [0.15, 0.2) is 0 Å². The summed E-state index contributed by atoms with van der Waals surface area (Å²) in [6.07, 6.45) is 8.94. The van der Waals surface area contributed by atoms with Crippen molar-refractivity contribution < 1.29 is 17.8 Å². The lowest BCUT2D eigenvalue weighted by molar-refractivity contribution is -0.131. The van der Waals surface area contributed by atoms with Crippen molar-refractivity contribution in [2.24, 2.45) is 28.6 Å². The molecule has 134 valence electrons. The van der Waals surface area contributed by atoms with Crippen molar-refractivity contribution in [3.63, 3.8) is 0 Å². The largest absolute Gasteiger partial charge is 0.299 e. The molecule has 4 aliphatic rings. The molecule has 1 unspecified atom stereocenters. The van der Waals surface area contributed by atoms with Gasteiger partial charge in [-0.05, 0) is 68.1 Å². The number of carbonyl (C=O) groups excluding carboxylic acids is 1. The number of hydrogen-bond donors (Lipinski definition) is 1. The Hall–Kier alpha value is -0.680. The fraction of sp³-hybridized carbons (Fsp3) is 0.842. The highest BCUT2D eigenvalue weighted by Crippen LogP contribution is 2.64. The molecule has 4 aliphatic carbocycles. The number of hydrogen-bond acceptors (Lipinski definition) is 3. The maximum Gasteiger partial charge on any atom is 0.268 e. The maximum absolute atomic E-state index is 12.4. The lowest BCUT2D eigenvalue weighted by Crippen LogP contribution is -2.50. The van der Waals surface area contributed by atoms with Gasteiger partial charge >= 0.3 is 0 Å². The third kappa shape index (κ3) is 2.20. The molecule has 3 fully saturated rings. The van der Waals surface area contributed by atoms with Crippen LogP contribution < -0.4 is 0 Å². The van der Waals surface area contributed by atoms with Crippen molar-refractivity contribution in [3.05, 3.63) is 11.6 Å². The average molecular weight is 352 g/mol. The number of rotatable bonds is 1. The third-order valence-electron chi connectivity index (χ3n) is 8.19. The molecule has 0 spiro atoms. The van der Waals surface area contributed by atoms with E-state index in [0.29, 0.717) is 36.4 Å². The minimum atomic E-state index is -3.95. The van der Waals surface area contributed by atoms with Gasteiger partial charge in [0, 0.05) is 11.8 Å². The fourth-order valence-corrected chi connectivity index (χ4v) is 7.46. The van der Waals surface area contributed by atoms with Crippen LogP contribution in [0.5, 0.6) is 0 Å². The molecule has 0 amide bonds. The van der Waals surface area contributed by atoms with E-state index in [1.165, 1.54) is 5.57 Å². The molecule has 0 radical (unpaired) electrons. The van der Waals surface area contributed by atoms with E-state index < -0.39 is 15.4 Å². The number of carbonyl (C=O) groups is 1. The highest BCUT2D eigenvalue weighted by molar-refractivity contribution is 7.86. The SMILES string of the molecule is C[C@]12CCC(S(=O)(=O)O)CC1=CC[C@@H]1[C@H]2CC[C@]2(C)C(=O)CC[C@@H]12. The van der Waals surface area contributed by atoms with E-state index in [2.05, 4.69) is 19.9 Å². The predicted octanol–water partition coefficient (Wildman–Crippen LogP) is 3.77. The summed E-state index contributed by atoms with van der Waals surface area (Å²) in [6.45, 7) is 4.48. The van der Waals surface area contributed by atoms with Crippen LogP contribution in [0.1, 0.15) is 65.2 Å². The average Bonchev–Trinajstić information content (AvgIpc) is 2.81. The Kier molecular flexibility index (Phi) is 3.61. The van der Waals surface area contributed by atoms with Gasteiger partial charge in [-0.3, -0.25) is 9.35 Å². The quantitative estimate of drug-likeness (QED) is 0.576. The van der Waals surface area contributed by atoms with Gasteiger partial charge in [-0.25, -0.2) is 0 Å². The molecule has 0 aromatic carbocycles. The number of Topliss-reactive ketones (excluding diaryl/α,β-unsaturated/α-hetero) is 1. The van der Waals surface area contributed by atoms with Crippen molar-refractivity contribution in [1.29, 1.82) is 0 Å². The molecule has 0 aliphatic heterocycles.